The van der Waals surface area contributed by atoms with Gasteiger partial charge in [-0.3, -0.25) is 24.0 Å². The lowest BCUT2D eigenvalue weighted by molar-refractivity contribution is -0.144. The van der Waals surface area contributed by atoms with Crippen LogP contribution in [-0.4, -0.2) is 80.7 Å². The Morgan fingerprint density at radius 2 is 1.21 bits per heavy atom. The molecule has 1 aromatic carbocycles. The van der Waals surface area contributed by atoms with Gasteiger partial charge in [0.15, 0.2) is 0 Å². The van der Waals surface area contributed by atoms with Crippen molar-refractivity contribution in [1.29, 1.82) is 0 Å². The summed E-state index contributed by atoms with van der Waals surface area (Å²) in [4.78, 5) is 70.2. The van der Waals surface area contributed by atoms with Crippen LogP contribution < -0.4 is 21.7 Å². The maximum Gasteiger partial charge on any atom is 0.326 e. The normalized spacial score (nSPS) is 13.1. The van der Waals surface area contributed by atoms with Crippen LogP contribution in [0.5, 0.6) is 5.75 Å². The molecule has 1 aromatic rings. The Morgan fingerprint density at radius 3 is 1.64 bits per heavy atom. The van der Waals surface area contributed by atoms with Crippen molar-refractivity contribution in [3.8, 4) is 5.75 Å². The molecule has 0 fully saturated rings. The van der Waals surface area contributed by atoms with E-state index in [-0.39, 0.29) is 12.2 Å². The fourth-order valence-corrected chi connectivity index (χ4v) is 2.63. The van der Waals surface area contributed by atoms with Crippen molar-refractivity contribution in [3.05, 3.63) is 29.8 Å². The number of nitrogens with one attached hydrogen (secondary N) is 3. The maximum atomic E-state index is 12.6. The molecule has 3 atom stereocenters. The van der Waals surface area contributed by atoms with Crippen LogP contribution in [-0.2, 0) is 35.2 Å². The van der Waals surface area contributed by atoms with E-state index in [9.17, 15) is 39.0 Å². The molecule has 14 heteroatoms. The lowest BCUT2D eigenvalue weighted by Crippen LogP contribution is -2.57. The predicted molar refractivity (Wildman–Crippen MR) is 109 cm³/mol. The van der Waals surface area contributed by atoms with Gasteiger partial charge in [0.2, 0.25) is 17.7 Å². The first-order chi connectivity index (χ1) is 15.4. The van der Waals surface area contributed by atoms with E-state index in [1.807, 2.05) is 10.6 Å². The van der Waals surface area contributed by atoms with E-state index in [4.69, 9.17) is 15.9 Å². The van der Waals surface area contributed by atoms with Crippen molar-refractivity contribution >= 4 is 35.6 Å². The number of hydrogen-bond acceptors (Lipinski definition) is 8. The van der Waals surface area contributed by atoms with Crippen LogP contribution in [0.2, 0.25) is 0 Å². The zero-order valence-corrected chi connectivity index (χ0v) is 17.2. The monoisotopic (exact) mass is 468 g/mol. The summed E-state index contributed by atoms with van der Waals surface area (Å²) in [5, 5.41) is 42.9. The third kappa shape index (κ3) is 9.65. The zero-order valence-electron chi connectivity index (χ0n) is 17.2. The van der Waals surface area contributed by atoms with E-state index in [1.165, 1.54) is 24.3 Å². The number of phenolic OH excluding ortho intramolecular Hbond substituents is 1. The number of carboxylic acid groups (broad SMARTS) is 3. The van der Waals surface area contributed by atoms with Gasteiger partial charge in [-0.1, -0.05) is 12.1 Å². The molecule has 3 unspecified atom stereocenters. The van der Waals surface area contributed by atoms with Gasteiger partial charge in [0.05, 0.1) is 19.4 Å². The van der Waals surface area contributed by atoms with E-state index < -0.39 is 73.1 Å². The number of carbonyl (C=O) groups is 6. The van der Waals surface area contributed by atoms with Crippen molar-refractivity contribution in [3.63, 3.8) is 0 Å². The SMILES string of the molecule is NCC(=O)NC(CC(=O)O)C(=O)NC(CC(=O)O)C(=O)NC(Cc1ccc(O)cc1)C(=O)O. The number of hydrogen-bond donors (Lipinski definition) is 8. The van der Waals surface area contributed by atoms with Crippen LogP contribution in [0.1, 0.15) is 18.4 Å². The summed E-state index contributed by atoms with van der Waals surface area (Å²) in [5.74, 6) is -7.68. The second kappa shape index (κ2) is 12.6. The zero-order chi connectivity index (χ0) is 25.1. The molecule has 0 aliphatic rings. The Balaban J connectivity index is 2.99. The quantitative estimate of drug-likeness (QED) is 0.149. The maximum absolute atomic E-state index is 12.6. The smallest absolute Gasteiger partial charge is 0.326 e. The molecule has 0 aromatic heterocycles. The Bertz CT molecular complexity index is 902. The van der Waals surface area contributed by atoms with Crippen molar-refractivity contribution in [1.82, 2.24) is 16.0 Å². The first-order valence-electron chi connectivity index (χ1n) is 9.47. The first kappa shape index (κ1) is 26.8. The molecule has 1 rings (SSSR count). The summed E-state index contributed by atoms with van der Waals surface area (Å²) in [6.07, 6.45) is -2.05. The van der Waals surface area contributed by atoms with Crippen molar-refractivity contribution < 1.29 is 49.2 Å². The molecule has 0 aliphatic carbocycles. The van der Waals surface area contributed by atoms with E-state index >= 15 is 0 Å². The second-order valence-corrected chi connectivity index (χ2v) is 6.85. The third-order valence-corrected chi connectivity index (χ3v) is 4.22. The number of aromatic hydroxyl groups is 1. The Labute approximate surface area is 186 Å². The van der Waals surface area contributed by atoms with Crippen molar-refractivity contribution in [2.75, 3.05) is 6.54 Å². The highest BCUT2D eigenvalue weighted by atomic mass is 16.4. The van der Waals surface area contributed by atoms with Crippen LogP contribution >= 0.6 is 0 Å². The largest absolute Gasteiger partial charge is 0.508 e. The molecule has 0 radical (unpaired) electrons. The minimum Gasteiger partial charge on any atom is -0.508 e. The van der Waals surface area contributed by atoms with E-state index in [1.54, 1.807) is 0 Å². The highest BCUT2D eigenvalue weighted by Gasteiger charge is 2.31. The molecule has 0 heterocycles. The second-order valence-electron chi connectivity index (χ2n) is 6.85. The molecule has 0 spiro atoms. The predicted octanol–water partition coefficient (Wildman–Crippen LogP) is -2.62. The topological polar surface area (TPSA) is 245 Å². The lowest BCUT2D eigenvalue weighted by atomic mass is 10.0. The van der Waals surface area contributed by atoms with Gasteiger partial charge in [-0.15, -0.1) is 0 Å². The minimum absolute atomic E-state index is 0.0588. The number of aliphatic carboxylic acids is 3. The van der Waals surface area contributed by atoms with Gasteiger partial charge in [-0.05, 0) is 17.7 Å². The molecule has 180 valence electrons. The van der Waals surface area contributed by atoms with Crippen molar-refractivity contribution in [2.24, 2.45) is 5.73 Å². The highest BCUT2D eigenvalue weighted by Crippen LogP contribution is 2.12. The first-order valence-corrected chi connectivity index (χ1v) is 9.47. The van der Waals surface area contributed by atoms with Gasteiger partial charge in [-0.2, -0.15) is 0 Å². The molecule has 14 nitrogen and oxygen atoms in total. The number of carboxylic acids is 3. The Hall–Kier alpha value is -4.20. The van der Waals surface area contributed by atoms with Gasteiger partial charge >= 0.3 is 17.9 Å². The van der Waals surface area contributed by atoms with E-state index in [2.05, 4.69) is 5.32 Å². The number of nitrogens with two attached hydrogens (primary N) is 1. The lowest BCUT2D eigenvalue weighted by Gasteiger charge is -2.23. The summed E-state index contributed by atoms with van der Waals surface area (Å²) in [7, 11) is 0. The Morgan fingerprint density at radius 1 is 0.758 bits per heavy atom. The molecule has 0 saturated heterocycles. The molecular weight excluding hydrogens is 444 g/mol. The summed E-state index contributed by atoms with van der Waals surface area (Å²) in [6.45, 7) is -0.556. The standard InChI is InChI=1S/C19H24N4O10/c20-8-14(25)21-11(6-15(26)27)17(30)22-12(7-16(28)29)18(31)23-13(19(32)33)5-9-1-3-10(24)4-2-9/h1-4,11-13,24H,5-8,20H2,(H,21,25)(H,22,30)(H,23,31)(H,26,27)(H,28,29)(H,32,33). The minimum atomic E-state index is -1.78. The third-order valence-electron chi connectivity index (χ3n) is 4.22. The van der Waals surface area contributed by atoms with E-state index in [0.29, 0.717) is 5.56 Å². The van der Waals surface area contributed by atoms with Crippen LogP contribution in [0.25, 0.3) is 0 Å². The number of benzene rings is 1. The van der Waals surface area contributed by atoms with Gasteiger partial charge in [0.1, 0.15) is 23.9 Å². The molecule has 3 amide bonds. The number of rotatable bonds is 13. The summed E-state index contributed by atoms with van der Waals surface area (Å²) in [5.41, 5.74) is 5.55. The fourth-order valence-electron chi connectivity index (χ4n) is 2.63. The van der Waals surface area contributed by atoms with Gasteiger partial charge in [0.25, 0.3) is 0 Å². The number of amides is 3. The van der Waals surface area contributed by atoms with Gasteiger partial charge in [-0.25, -0.2) is 4.79 Å². The average molecular weight is 468 g/mol. The molecular formula is C19H24N4O10. The molecule has 9 N–H and O–H groups in total. The summed E-state index contributed by atoms with van der Waals surface area (Å²) in [6, 6.07) is 0.512. The Kier molecular flexibility index (Phi) is 10.3. The number of phenols is 1. The van der Waals surface area contributed by atoms with Gasteiger partial charge in [0, 0.05) is 6.42 Å². The van der Waals surface area contributed by atoms with Crippen LogP contribution in [0.15, 0.2) is 24.3 Å². The number of carbonyl (C=O) groups excluding carboxylic acids is 3. The fraction of sp³-hybridized carbons (Fsp3) is 0.368. The molecule has 33 heavy (non-hydrogen) atoms. The summed E-state index contributed by atoms with van der Waals surface area (Å²) >= 11 is 0. The average Bonchev–Trinajstić information content (AvgIpc) is 2.72. The summed E-state index contributed by atoms with van der Waals surface area (Å²) < 4.78 is 0. The molecule has 0 aliphatic heterocycles. The molecule has 0 saturated carbocycles. The van der Waals surface area contributed by atoms with E-state index in [0.717, 1.165) is 0 Å². The van der Waals surface area contributed by atoms with Gasteiger partial charge < -0.3 is 42.1 Å². The van der Waals surface area contributed by atoms with Crippen LogP contribution in [0.4, 0.5) is 0 Å². The molecule has 0 bridgehead atoms. The highest BCUT2D eigenvalue weighted by molar-refractivity contribution is 5.96. The van der Waals surface area contributed by atoms with Crippen LogP contribution in [0.3, 0.4) is 0 Å². The van der Waals surface area contributed by atoms with Crippen LogP contribution in [0, 0.1) is 0 Å². The van der Waals surface area contributed by atoms with Crippen molar-refractivity contribution in [2.45, 2.75) is 37.4 Å².